The molecule has 0 aliphatic carbocycles. The third-order valence-electron chi connectivity index (χ3n) is 2.51. The highest BCUT2D eigenvalue weighted by molar-refractivity contribution is 4.87. The predicted molar refractivity (Wildman–Crippen MR) is 41.9 cm³/mol. The lowest BCUT2D eigenvalue weighted by atomic mass is 9.78. The summed E-state index contributed by atoms with van der Waals surface area (Å²) in [5.74, 6) is 0. The van der Waals surface area contributed by atoms with Gasteiger partial charge in [0, 0.05) is 6.04 Å². The minimum Gasteiger partial charge on any atom is -0.395 e. The molecule has 1 rings (SSSR count). The molecule has 1 aliphatic rings. The van der Waals surface area contributed by atoms with Crippen LogP contribution in [0.4, 0.5) is 0 Å². The van der Waals surface area contributed by atoms with E-state index in [9.17, 15) is 0 Å². The van der Waals surface area contributed by atoms with Crippen LogP contribution in [0.1, 0.15) is 26.7 Å². The predicted octanol–water partition coefficient (Wildman–Crippen LogP) is 0.757. The summed E-state index contributed by atoms with van der Waals surface area (Å²) in [7, 11) is 0. The summed E-state index contributed by atoms with van der Waals surface area (Å²) < 4.78 is 0. The molecule has 0 spiro atoms. The van der Waals surface area contributed by atoms with Crippen molar-refractivity contribution >= 4 is 0 Å². The fourth-order valence-electron chi connectivity index (χ4n) is 1.58. The van der Waals surface area contributed by atoms with Gasteiger partial charge >= 0.3 is 0 Å². The molecule has 10 heavy (non-hydrogen) atoms. The maximum Gasteiger partial charge on any atom is 0.0589 e. The van der Waals surface area contributed by atoms with Gasteiger partial charge in [-0.25, -0.2) is 0 Å². The van der Waals surface area contributed by atoms with Crippen molar-refractivity contribution in [3.8, 4) is 0 Å². The van der Waals surface area contributed by atoms with E-state index >= 15 is 0 Å². The van der Waals surface area contributed by atoms with Crippen molar-refractivity contribution in [2.75, 3.05) is 13.2 Å². The molecule has 0 aromatic rings. The van der Waals surface area contributed by atoms with Gasteiger partial charge in [0.2, 0.25) is 0 Å². The highest BCUT2D eigenvalue weighted by atomic mass is 16.3. The lowest BCUT2D eigenvalue weighted by Gasteiger charge is -2.38. The Morgan fingerprint density at radius 2 is 2.30 bits per heavy atom. The van der Waals surface area contributed by atoms with Gasteiger partial charge in [-0.1, -0.05) is 13.8 Å². The Balaban J connectivity index is 2.51. The molecule has 2 nitrogen and oxygen atoms in total. The Morgan fingerprint density at radius 1 is 1.60 bits per heavy atom. The number of rotatable bonds is 1. The third-order valence-corrected chi connectivity index (χ3v) is 2.51. The average molecular weight is 143 g/mol. The Labute approximate surface area is 62.6 Å². The van der Waals surface area contributed by atoms with Crippen LogP contribution in [0.2, 0.25) is 0 Å². The first-order valence-electron chi connectivity index (χ1n) is 4.01. The molecule has 1 aliphatic heterocycles. The third kappa shape index (κ3) is 1.50. The fraction of sp³-hybridized carbons (Fsp3) is 1.00. The monoisotopic (exact) mass is 143 g/mol. The Bertz CT molecular complexity index is 112. The summed E-state index contributed by atoms with van der Waals surface area (Å²) >= 11 is 0. The molecular weight excluding hydrogens is 126 g/mol. The zero-order valence-electron chi connectivity index (χ0n) is 6.85. The number of aliphatic hydroxyl groups excluding tert-OH is 1. The largest absolute Gasteiger partial charge is 0.395 e. The lowest BCUT2D eigenvalue weighted by Crippen LogP contribution is -2.48. The molecule has 2 N–H and O–H groups in total. The molecule has 1 unspecified atom stereocenters. The highest BCUT2D eigenvalue weighted by Gasteiger charge is 2.30. The van der Waals surface area contributed by atoms with E-state index in [-0.39, 0.29) is 12.0 Å². The van der Waals surface area contributed by atoms with E-state index in [1.54, 1.807) is 0 Å². The first-order valence-corrected chi connectivity index (χ1v) is 4.01. The Kier molecular flexibility index (Phi) is 2.32. The van der Waals surface area contributed by atoms with Crippen molar-refractivity contribution in [1.29, 1.82) is 0 Å². The van der Waals surface area contributed by atoms with Crippen LogP contribution < -0.4 is 5.32 Å². The SMILES string of the molecule is CC1(C)CCCNC1CO. The minimum absolute atomic E-state index is 0.271. The quantitative estimate of drug-likeness (QED) is 0.568. The van der Waals surface area contributed by atoms with Gasteiger partial charge in [0.25, 0.3) is 0 Å². The molecule has 1 atom stereocenters. The molecular formula is C8H17NO. The van der Waals surface area contributed by atoms with Gasteiger partial charge in [0.15, 0.2) is 0 Å². The molecule has 60 valence electrons. The number of hydrogen-bond donors (Lipinski definition) is 2. The van der Waals surface area contributed by atoms with E-state index in [1.165, 1.54) is 12.8 Å². The van der Waals surface area contributed by atoms with E-state index in [4.69, 9.17) is 5.11 Å². The summed E-state index contributed by atoms with van der Waals surface area (Å²) in [5, 5.41) is 12.3. The normalized spacial score (nSPS) is 32.1. The van der Waals surface area contributed by atoms with Crippen LogP contribution in [0.5, 0.6) is 0 Å². The maximum atomic E-state index is 8.96. The second-order valence-corrected chi connectivity index (χ2v) is 3.78. The van der Waals surface area contributed by atoms with E-state index in [2.05, 4.69) is 19.2 Å². The molecule has 0 aromatic heterocycles. The number of aliphatic hydroxyl groups is 1. The number of nitrogens with one attached hydrogen (secondary N) is 1. The van der Waals surface area contributed by atoms with E-state index in [0.717, 1.165) is 6.54 Å². The fourth-order valence-corrected chi connectivity index (χ4v) is 1.58. The lowest BCUT2D eigenvalue weighted by molar-refractivity contribution is 0.112. The van der Waals surface area contributed by atoms with Crippen LogP contribution >= 0.6 is 0 Å². The van der Waals surface area contributed by atoms with Crippen LogP contribution in [0.25, 0.3) is 0 Å². The van der Waals surface area contributed by atoms with Crippen molar-refractivity contribution in [2.45, 2.75) is 32.7 Å². The van der Waals surface area contributed by atoms with Gasteiger partial charge in [-0.2, -0.15) is 0 Å². The summed E-state index contributed by atoms with van der Waals surface area (Å²) in [6.45, 7) is 5.75. The molecule has 0 bridgehead atoms. The van der Waals surface area contributed by atoms with Crippen molar-refractivity contribution in [3.05, 3.63) is 0 Å². The van der Waals surface area contributed by atoms with Crippen LogP contribution in [-0.4, -0.2) is 24.3 Å². The Morgan fingerprint density at radius 3 is 2.70 bits per heavy atom. The summed E-state index contributed by atoms with van der Waals surface area (Å²) in [4.78, 5) is 0. The molecule has 0 aromatic carbocycles. The number of hydrogen-bond acceptors (Lipinski definition) is 2. The van der Waals surface area contributed by atoms with Crippen molar-refractivity contribution < 1.29 is 5.11 Å². The van der Waals surface area contributed by atoms with Crippen molar-refractivity contribution in [3.63, 3.8) is 0 Å². The standard InChI is InChI=1S/C8H17NO/c1-8(2)4-3-5-9-7(8)6-10/h7,9-10H,3-6H2,1-2H3. The molecule has 1 saturated heterocycles. The van der Waals surface area contributed by atoms with E-state index in [0.29, 0.717) is 6.04 Å². The summed E-state index contributed by atoms with van der Waals surface area (Å²) in [6.07, 6.45) is 2.47. The van der Waals surface area contributed by atoms with Gasteiger partial charge in [-0.05, 0) is 24.8 Å². The Hall–Kier alpha value is -0.0800. The second-order valence-electron chi connectivity index (χ2n) is 3.78. The van der Waals surface area contributed by atoms with Crippen LogP contribution in [-0.2, 0) is 0 Å². The second kappa shape index (κ2) is 2.89. The zero-order valence-corrected chi connectivity index (χ0v) is 6.85. The summed E-state index contributed by atoms with van der Waals surface area (Å²) in [6, 6.07) is 0.307. The highest BCUT2D eigenvalue weighted by Crippen LogP contribution is 2.29. The summed E-state index contributed by atoms with van der Waals surface area (Å²) in [5.41, 5.74) is 0.285. The van der Waals surface area contributed by atoms with Gasteiger partial charge in [0.05, 0.1) is 6.61 Å². The van der Waals surface area contributed by atoms with E-state index < -0.39 is 0 Å². The molecule has 1 fully saturated rings. The van der Waals surface area contributed by atoms with Crippen molar-refractivity contribution in [1.82, 2.24) is 5.32 Å². The smallest absolute Gasteiger partial charge is 0.0589 e. The van der Waals surface area contributed by atoms with Crippen LogP contribution in [0, 0.1) is 5.41 Å². The van der Waals surface area contributed by atoms with Gasteiger partial charge in [0.1, 0.15) is 0 Å². The first-order chi connectivity index (χ1) is 4.67. The molecule has 0 amide bonds. The maximum absolute atomic E-state index is 8.96. The number of piperidine rings is 1. The molecule has 0 radical (unpaired) electrons. The van der Waals surface area contributed by atoms with Crippen LogP contribution in [0.15, 0.2) is 0 Å². The topological polar surface area (TPSA) is 32.3 Å². The average Bonchev–Trinajstić information content (AvgIpc) is 1.87. The van der Waals surface area contributed by atoms with Crippen LogP contribution in [0.3, 0.4) is 0 Å². The van der Waals surface area contributed by atoms with E-state index in [1.807, 2.05) is 0 Å². The van der Waals surface area contributed by atoms with Gasteiger partial charge in [-0.3, -0.25) is 0 Å². The van der Waals surface area contributed by atoms with Gasteiger partial charge < -0.3 is 10.4 Å². The van der Waals surface area contributed by atoms with Gasteiger partial charge in [-0.15, -0.1) is 0 Å². The first kappa shape index (κ1) is 8.02. The molecule has 1 heterocycles. The minimum atomic E-state index is 0.271. The molecule has 0 saturated carbocycles. The molecule has 2 heteroatoms. The van der Waals surface area contributed by atoms with Crippen molar-refractivity contribution in [2.24, 2.45) is 5.41 Å². The zero-order chi connectivity index (χ0) is 7.61.